The summed E-state index contributed by atoms with van der Waals surface area (Å²) in [7, 11) is 1.62. The van der Waals surface area contributed by atoms with E-state index in [1.807, 2.05) is 6.92 Å². The van der Waals surface area contributed by atoms with Gasteiger partial charge in [0.1, 0.15) is 6.33 Å². The Balaban J connectivity index is 2.05. The van der Waals surface area contributed by atoms with E-state index < -0.39 is 0 Å². The van der Waals surface area contributed by atoms with Crippen molar-refractivity contribution in [2.24, 2.45) is 5.41 Å². The minimum atomic E-state index is 0.239. The van der Waals surface area contributed by atoms with E-state index in [-0.39, 0.29) is 12.0 Å². The van der Waals surface area contributed by atoms with Gasteiger partial charge in [-0.2, -0.15) is 0 Å². The van der Waals surface area contributed by atoms with Crippen molar-refractivity contribution < 1.29 is 9.84 Å². The minimum Gasteiger partial charge on any atom is -0.490 e. The molecule has 2 rings (SSSR count). The second-order valence-corrected chi connectivity index (χ2v) is 4.96. The lowest BCUT2D eigenvalue weighted by Gasteiger charge is -2.17. The van der Waals surface area contributed by atoms with Gasteiger partial charge in [0.15, 0.2) is 11.6 Å². The Morgan fingerprint density at radius 2 is 2.00 bits per heavy atom. The zero-order valence-corrected chi connectivity index (χ0v) is 11.6. The summed E-state index contributed by atoms with van der Waals surface area (Å²) < 4.78 is 5.38. The molecule has 0 amide bonds. The molecule has 0 aromatic carbocycles. The van der Waals surface area contributed by atoms with Gasteiger partial charge in [0.2, 0.25) is 5.75 Å². The summed E-state index contributed by atoms with van der Waals surface area (Å²) >= 11 is 0. The highest BCUT2D eigenvalue weighted by Gasteiger charge is 2.41. The van der Waals surface area contributed by atoms with Crippen molar-refractivity contribution in [2.75, 3.05) is 37.4 Å². The summed E-state index contributed by atoms with van der Waals surface area (Å²) in [4.78, 5) is 8.40. The molecule has 0 atom stereocenters. The van der Waals surface area contributed by atoms with Crippen LogP contribution in [-0.2, 0) is 0 Å². The molecular formula is C13H22N4O2. The van der Waals surface area contributed by atoms with Crippen molar-refractivity contribution in [3.63, 3.8) is 0 Å². The van der Waals surface area contributed by atoms with Gasteiger partial charge >= 0.3 is 0 Å². The molecule has 1 heterocycles. The fourth-order valence-corrected chi connectivity index (χ4v) is 2.19. The maximum Gasteiger partial charge on any atom is 0.204 e. The van der Waals surface area contributed by atoms with Crippen molar-refractivity contribution in [1.82, 2.24) is 9.97 Å². The van der Waals surface area contributed by atoms with E-state index in [4.69, 9.17) is 9.84 Å². The Kier molecular flexibility index (Phi) is 4.42. The molecule has 0 bridgehead atoms. The van der Waals surface area contributed by atoms with Crippen molar-refractivity contribution in [1.29, 1.82) is 0 Å². The van der Waals surface area contributed by atoms with Crippen molar-refractivity contribution >= 4 is 11.6 Å². The first-order chi connectivity index (χ1) is 9.24. The van der Waals surface area contributed by atoms with Gasteiger partial charge in [0.05, 0.1) is 7.11 Å². The topological polar surface area (TPSA) is 79.3 Å². The number of hydrogen-bond acceptors (Lipinski definition) is 6. The van der Waals surface area contributed by atoms with E-state index in [1.54, 1.807) is 7.11 Å². The third-order valence-electron chi connectivity index (χ3n) is 3.58. The van der Waals surface area contributed by atoms with E-state index in [1.165, 1.54) is 6.33 Å². The summed E-state index contributed by atoms with van der Waals surface area (Å²) in [6.45, 7) is 3.84. The molecule has 6 nitrogen and oxygen atoms in total. The quantitative estimate of drug-likeness (QED) is 0.661. The number of rotatable bonds is 8. The number of ether oxygens (including phenoxy) is 1. The molecule has 1 aromatic rings. The van der Waals surface area contributed by atoms with E-state index in [9.17, 15) is 0 Å². The smallest absolute Gasteiger partial charge is 0.204 e. The Morgan fingerprint density at radius 1 is 1.32 bits per heavy atom. The number of anilines is 2. The number of aliphatic hydroxyl groups excluding tert-OH is 1. The van der Waals surface area contributed by atoms with Gasteiger partial charge in [-0.1, -0.05) is 0 Å². The molecule has 19 heavy (non-hydrogen) atoms. The first-order valence-electron chi connectivity index (χ1n) is 6.72. The summed E-state index contributed by atoms with van der Waals surface area (Å²) in [5.74, 6) is 2.05. The van der Waals surface area contributed by atoms with Gasteiger partial charge < -0.3 is 20.5 Å². The van der Waals surface area contributed by atoms with E-state index in [2.05, 4.69) is 20.6 Å². The molecule has 1 aliphatic rings. The van der Waals surface area contributed by atoms with Gasteiger partial charge in [-0.3, -0.25) is 0 Å². The normalized spacial score (nSPS) is 15.9. The molecule has 3 N–H and O–H groups in total. The van der Waals surface area contributed by atoms with Crippen LogP contribution in [0.4, 0.5) is 11.6 Å². The van der Waals surface area contributed by atoms with Gasteiger partial charge in [-0.15, -0.1) is 0 Å². The van der Waals surface area contributed by atoms with Gasteiger partial charge in [0.25, 0.3) is 0 Å². The lowest BCUT2D eigenvalue weighted by Crippen LogP contribution is -2.18. The molecule has 1 saturated carbocycles. The molecule has 1 aliphatic carbocycles. The Hall–Kier alpha value is -1.56. The van der Waals surface area contributed by atoms with Gasteiger partial charge in [-0.05, 0) is 31.6 Å². The molecule has 0 aliphatic heterocycles. The predicted octanol–water partition coefficient (Wildman–Crippen LogP) is 1.49. The molecule has 0 radical (unpaired) electrons. The molecule has 106 valence electrons. The Bertz CT molecular complexity index is 421. The lowest BCUT2D eigenvalue weighted by molar-refractivity contribution is 0.253. The van der Waals surface area contributed by atoms with Gasteiger partial charge in [0, 0.05) is 19.7 Å². The molecule has 0 unspecified atom stereocenters. The highest BCUT2D eigenvalue weighted by atomic mass is 16.5. The predicted molar refractivity (Wildman–Crippen MR) is 74.6 cm³/mol. The molecule has 0 saturated heterocycles. The molecule has 0 spiro atoms. The van der Waals surface area contributed by atoms with Crippen LogP contribution in [0.15, 0.2) is 6.33 Å². The van der Waals surface area contributed by atoms with Crippen LogP contribution in [0.3, 0.4) is 0 Å². The third-order valence-corrected chi connectivity index (χ3v) is 3.58. The average molecular weight is 266 g/mol. The summed E-state index contributed by atoms with van der Waals surface area (Å²) in [5, 5.41) is 15.5. The van der Waals surface area contributed by atoms with Crippen LogP contribution >= 0.6 is 0 Å². The van der Waals surface area contributed by atoms with Crippen molar-refractivity contribution in [2.45, 2.75) is 26.2 Å². The summed E-state index contributed by atoms with van der Waals surface area (Å²) in [6, 6.07) is 0. The number of methoxy groups -OCH3 is 1. The number of nitrogens with zero attached hydrogens (tertiary/aromatic N) is 2. The molecule has 1 fully saturated rings. The third kappa shape index (κ3) is 3.26. The fourth-order valence-electron chi connectivity index (χ4n) is 2.19. The number of aliphatic hydroxyl groups is 1. The maximum atomic E-state index is 9.07. The first-order valence-corrected chi connectivity index (χ1v) is 6.72. The maximum absolute atomic E-state index is 9.07. The minimum absolute atomic E-state index is 0.239. The van der Waals surface area contributed by atoms with Crippen LogP contribution in [0.25, 0.3) is 0 Å². The van der Waals surface area contributed by atoms with E-state index >= 15 is 0 Å². The largest absolute Gasteiger partial charge is 0.490 e. The second-order valence-electron chi connectivity index (χ2n) is 4.96. The van der Waals surface area contributed by atoms with Crippen LogP contribution in [0.1, 0.15) is 26.2 Å². The fraction of sp³-hybridized carbons (Fsp3) is 0.692. The number of hydrogen-bond donors (Lipinski definition) is 3. The van der Waals surface area contributed by atoms with Crippen LogP contribution in [0.2, 0.25) is 0 Å². The zero-order valence-electron chi connectivity index (χ0n) is 11.6. The standard InChI is InChI=1S/C13H22N4O2/c1-3-14-11-10(19-2)12(17-9-16-11)15-8-13(4-5-13)6-7-18/h9,18H,3-8H2,1-2H3,(H2,14,15,16,17). The zero-order chi connectivity index (χ0) is 13.7. The molecular weight excluding hydrogens is 244 g/mol. The summed E-state index contributed by atoms with van der Waals surface area (Å²) in [5.41, 5.74) is 0.239. The first kappa shape index (κ1) is 13.9. The van der Waals surface area contributed by atoms with Crippen LogP contribution in [0.5, 0.6) is 5.75 Å². The highest BCUT2D eigenvalue weighted by Crippen LogP contribution is 2.48. The van der Waals surface area contributed by atoms with Crippen LogP contribution in [-0.4, -0.2) is 41.9 Å². The number of nitrogens with one attached hydrogen (secondary N) is 2. The molecule has 1 aromatic heterocycles. The van der Waals surface area contributed by atoms with Crippen molar-refractivity contribution in [3.05, 3.63) is 6.33 Å². The van der Waals surface area contributed by atoms with Crippen LogP contribution < -0.4 is 15.4 Å². The van der Waals surface area contributed by atoms with Gasteiger partial charge in [-0.25, -0.2) is 9.97 Å². The SMILES string of the molecule is CCNc1ncnc(NCC2(CCO)CC2)c1OC. The van der Waals surface area contributed by atoms with E-state index in [0.29, 0.717) is 17.4 Å². The lowest BCUT2D eigenvalue weighted by atomic mass is 10.0. The highest BCUT2D eigenvalue weighted by molar-refractivity contribution is 5.63. The second kappa shape index (κ2) is 6.06. The van der Waals surface area contributed by atoms with Crippen LogP contribution in [0, 0.1) is 5.41 Å². The molecule has 6 heteroatoms. The van der Waals surface area contributed by atoms with Crippen molar-refractivity contribution in [3.8, 4) is 5.75 Å². The van der Waals surface area contributed by atoms with E-state index in [0.717, 1.165) is 32.4 Å². The number of aromatic nitrogens is 2. The monoisotopic (exact) mass is 266 g/mol. The Morgan fingerprint density at radius 3 is 2.53 bits per heavy atom. The average Bonchev–Trinajstić information content (AvgIpc) is 3.18. The Labute approximate surface area is 113 Å². The summed E-state index contributed by atoms with van der Waals surface area (Å²) in [6.07, 6.45) is 4.68.